The Kier molecular flexibility index (Phi) is 6.20. The minimum Gasteiger partial charge on any atom is -0.355 e. The molecule has 138 valence electrons. The van der Waals surface area contributed by atoms with Crippen LogP contribution in [0.25, 0.3) is 0 Å². The third kappa shape index (κ3) is 4.72. The average molecular weight is 336 g/mol. The van der Waals surface area contributed by atoms with E-state index in [4.69, 9.17) is 0 Å². The molecule has 3 atom stereocenters. The van der Waals surface area contributed by atoms with Crippen LogP contribution in [0.15, 0.2) is 0 Å². The first kappa shape index (κ1) is 18.2. The first-order valence-electron chi connectivity index (χ1n) is 10.3. The molecule has 0 aliphatic carbocycles. The Labute approximate surface area is 148 Å². The number of fused-ring (bicyclic) bond motifs is 2. The van der Waals surface area contributed by atoms with E-state index >= 15 is 0 Å². The van der Waals surface area contributed by atoms with Crippen LogP contribution in [0, 0.1) is 17.8 Å². The van der Waals surface area contributed by atoms with Crippen molar-refractivity contribution in [3.63, 3.8) is 0 Å². The van der Waals surface area contributed by atoms with Crippen LogP contribution in [-0.4, -0.2) is 48.6 Å². The van der Waals surface area contributed by atoms with E-state index in [1.807, 2.05) is 0 Å². The molecular weight excluding hydrogens is 298 g/mol. The maximum Gasteiger partial charge on any atom is 0.220 e. The van der Waals surface area contributed by atoms with Gasteiger partial charge in [-0.25, -0.2) is 0 Å². The van der Waals surface area contributed by atoms with Gasteiger partial charge in [-0.2, -0.15) is 0 Å². The van der Waals surface area contributed by atoms with Crippen LogP contribution in [0.5, 0.6) is 0 Å². The summed E-state index contributed by atoms with van der Waals surface area (Å²) in [7, 11) is 0. The minimum atomic E-state index is 0.275. The molecule has 3 saturated heterocycles. The largest absolute Gasteiger partial charge is 0.355 e. The predicted octanol–water partition coefficient (Wildman–Crippen LogP) is 2.78. The van der Waals surface area contributed by atoms with E-state index in [1.165, 1.54) is 51.6 Å². The third-order valence-corrected chi connectivity index (χ3v) is 6.61. The lowest BCUT2D eigenvalue weighted by Gasteiger charge is -2.39. The van der Waals surface area contributed by atoms with Crippen molar-refractivity contribution in [2.24, 2.45) is 17.8 Å². The molecule has 1 amide bonds. The molecule has 2 bridgehead atoms. The molecule has 0 aromatic heterocycles. The number of amides is 1. The van der Waals surface area contributed by atoms with Crippen molar-refractivity contribution in [3.8, 4) is 0 Å². The van der Waals surface area contributed by atoms with E-state index in [0.29, 0.717) is 30.0 Å². The van der Waals surface area contributed by atoms with Crippen LogP contribution in [-0.2, 0) is 4.79 Å². The zero-order valence-corrected chi connectivity index (χ0v) is 15.9. The number of nitrogens with zero attached hydrogens (tertiary/aromatic N) is 1. The van der Waals surface area contributed by atoms with Gasteiger partial charge in [0.1, 0.15) is 0 Å². The molecule has 3 aliphatic heterocycles. The molecule has 3 fully saturated rings. The molecule has 0 aromatic rings. The highest BCUT2D eigenvalue weighted by molar-refractivity contribution is 5.76. The molecule has 24 heavy (non-hydrogen) atoms. The summed E-state index contributed by atoms with van der Waals surface area (Å²) in [6, 6.07) is 1.85. The van der Waals surface area contributed by atoms with Gasteiger partial charge in [0.25, 0.3) is 0 Å². The van der Waals surface area contributed by atoms with Crippen molar-refractivity contribution in [2.45, 2.75) is 83.8 Å². The van der Waals surface area contributed by atoms with Crippen molar-refractivity contribution in [3.05, 3.63) is 0 Å². The Morgan fingerprint density at radius 1 is 1.12 bits per heavy atom. The molecule has 3 heterocycles. The molecule has 0 saturated carbocycles. The monoisotopic (exact) mass is 335 g/mol. The van der Waals surface area contributed by atoms with Gasteiger partial charge in [-0.15, -0.1) is 0 Å². The lowest BCUT2D eigenvalue weighted by Crippen LogP contribution is -2.50. The Bertz CT molecular complexity index is 405. The van der Waals surface area contributed by atoms with Gasteiger partial charge >= 0.3 is 0 Å². The number of rotatable bonds is 6. The normalized spacial score (nSPS) is 32.9. The van der Waals surface area contributed by atoms with Gasteiger partial charge < -0.3 is 10.6 Å². The fourth-order valence-electron chi connectivity index (χ4n) is 5.04. The SMILES string of the molecule is CC1CCN(C(CNC(=O)CC2CC3CCC(C2)N3)C(C)C)CC1. The zero-order chi connectivity index (χ0) is 17.1. The van der Waals surface area contributed by atoms with Gasteiger partial charge in [-0.05, 0) is 69.4 Å². The van der Waals surface area contributed by atoms with Crippen LogP contribution < -0.4 is 10.6 Å². The second-order valence-electron chi connectivity index (χ2n) is 9.01. The van der Waals surface area contributed by atoms with E-state index in [0.717, 1.165) is 18.9 Å². The number of nitrogens with one attached hydrogen (secondary N) is 2. The van der Waals surface area contributed by atoms with Crippen LogP contribution in [0.2, 0.25) is 0 Å². The molecule has 2 N–H and O–H groups in total. The highest BCUT2D eigenvalue weighted by Crippen LogP contribution is 2.32. The third-order valence-electron chi connectivity index (χ3n) is 6.61. The number of carbonyl (C=O) groups is 1. The van der Waals surface area contributed by atoms with Gasteiger partial charge in [0.05, 0.1) is 0 Å². The fourth-order valence-corrected chi connectivity index (χ4v) is 5.04. The lowest BCUT2D eigenvalue weighted by molar-refractivity contribution is -0.122. The van der Waals surface area contributed by atoms with E-state index in [-0.39, 0.29) is 5.91 Å². The molecule has 4 nitrogen and oxygen atoms in total. The molecule has 0 radical (unpaired) electrons. The lowest BCUT2D eigenvalue weighted by atomic mass is 9.89. The van der Waals surface area contributed by atoms with E-state index in [2.05, 4.69) is 36.3 Å². The summed E-state index contributed by atoms with van der Waals surface area (Å²) in [6.45, 7) is 10.1. The smallest absolute Gasteiger partial charge is 0.220 e. The van der Waals surface area contributed by atoms with Crippen molar-refractivity contribution >= 4 is 5.91 Å². The average Bonchev–Trinajstić information content (AvgIpc) is 2.87. The predicted molar refractivity (Wildman–Crippen MR) is 98.9 cm³/mol. The molecule has 0 spiro atoms. The Morgan fingerprint density at radius 2 is 1.75 bits per heavy atom. The van der Waals surface area contributed by atoms with E-state index < -0.39 is 0 Å². The topological polar surface area (TPSA) is 44.4 Å². The van der Waals surface area contributed by atoms with Gasteiger partial charge in [-0.3, -0.25) is 9.69 Å². The van der Waals surface area contributed by atoms with Gasteiger partial charge in [0.2, 0.25) is 5.91 Å². The summed E-state index contributed by atoms with van der Waals surface area (Å²) in [6.07, 6.45) is 8.35. The number of piperidine rings is 2. The Morgan fingerprint density at radius 3 is 2.33 bits per heavy atom. The molecule has 4 heteroatoms. The van der Waals surface area contributed by atoms with Crippen LogP contribution in [0.4, 0.5) is 0 Å². The van der Waals surface area contributed by atoms with Crippen LogP contribution in [0.1, 0.15) is 65.7 Å². The highest BCUT2D eigenvalue weighted by Gasteiger charge is 2.34. The van der Waals surface area contributed by atoms with Gasteiger partial charge in [0.15, 0.2) is 0 Å². The first-order chi connectivity index (χ1) is 11.5. The van der Waals surface area contributed by atoms with Crippen molar-refractivity contribution < 1.29 is 4.79 Å². The number of carbonyl (C=O) groups excluding carboxylic acids is 1. The second kappa shape index (κ2) is 8.18. The van der Waals surface area contributed by atoms with Gasteiger partial charge in [0, 0.05) is 31.1 Å². The van der Waals surface area contributed by atoms with E-state index in [1.54, 1.807) is 0 Å². The maximum absolute atomic E-state index is 12.5. The number of hydrogen-bond donors (Lipinski definition) is 2. The summed E-state index contributed by atoms with van der Waals surface area (Å²) >= 11 is 0. The minimum absolute atomic E-state index is 0.275. The highest BCUT2D eigenvalue weighted by atomic mass is 16.1. The van der Waals surface area contributed by atoms with Crippen LogP contribution >= 0.6 is 0 Å². The summed E-state index contributed by atoms with van der Waals surface area (Å²) in [5.41, 5.74) is 0. The standard InChI is InChI=1S/C20H37N3O/c1-14(2)19(23-8-6-15(3)7-9-23)13-21-20(24)12-16-10-17-4-5-18(11-16)22-17/h14-19,22H,4-13H2,1-3H3,(H,21,24). The molecule has 3 rings (SSSR count). The summed E-state index contributed by atoms with van der Waals surface area (Å²) < 4.78 is 0. The van der Waals surface area contributed by atoms with Crippen molar-refractivity contribution in [1.29, 1.82) is 0 Å². The van der Waals surface area contributed by atoms with E-state index in [9.17, 15) is 4.79 Å². The van der Waals surface area contributed by atoms with Crippen molar-refractivity contribution in [2.75, 3.05) is 19.6 Å². The quantitative estimate of drug-likeness (QED) is 0.784. The maximum atomic E-state index is 12.5. The molecule has 3 aliphatic rings. The summed E-state index contributed by atoms with van der Waals surface area (Å²) in [5.74, 6) is 2.32. The van der Waals surface area contributed by atoms with Gasteiger partial charge in [-0.1, -0.05) is 20.8 Å². The number of hydrogen-bond acceptors (Lipinski definition) is 3. The number of likely N-dealkylation sites (tertiary alicyclic amines) is 1. The first-order valence-corrected chi connectivity index (χ1v) is 10.3. The molecular formula is C20H37N3O. The fraction of sp³-hybridized carbons (Fsp3) is 0.950. The second-order valence-corrected chi connectivity index (χ2v) is 9.01. The Hall–Kier alpha value is -0.610. The zero-order valence-electron chi connectivity index (χ0n) is 15.9. The molecule has 0 aromatic carbocycles. The Balaban J connectivity index is 1.43. The summed E-state index contributed by atoms with van der Waals surface area (Å²) in [5, 5.41) is 6.94. The van der Waals surface area contributed by atoms with Crippen LogP contribution in [0.3, 0.4) is 0 Å². The van der Waals surface area contributed by atoms with Crippen molar-refractivity contribution in [1.82, 2.24) is 15.5 Å². The molecule has 3 unspecified atom stereocenters. The summed E-state index contributed by atoms with van der Waals surface area (Å²) in [4.78, 5) is 15.1.